The SMILES string of the molecule is Cc1cc(C2(O)CCNCC2)sn1. The molecule has 0 spiro atoms. The molecule has 2 N–H and O–H groups in total. The van der Waals surface area contributed by atoms with E-state index in [1.165, 1.54) is 11.5 Å². The van der Waals surface area contributed by atoms with Crippen LogP contribution < -0.4 is 5.32 Å². The van der Waals surface area contributed by atoms with Crippen LogP contribution in [-0.2, 0) is 5.60 Å². The van der Waals surface area contributed by atoms with E-state index in [2.05, 4.69) is 9.69 Å². The van der Waals surface area contributed by atoms with Crippen molar-refractivity contribution in [3.05, 3.63) is 16.6 Å². The van der Waals surface area contributed by atoms with Crippen molar-refractivity contribution in [2.75, 3.05) is 13.1 Å². The fourth-order valence-corrected chi connectivity index (χ4v) is 2.56. The maximum Gasteiger partial charge on any atom is 0.103 e. The number of piperidine rings is 1. The molecule has 13 heavy (non-hydrogen) atoms. The molecule has 0 amide bonds. The number of nitrogens with zero attached hydrogens (tertiary/aromatic N) is 1. The molecule has 1 aromatic rings. The molecule has 0 aliphatic carbocycles. The second-order valence-electron chi connectivity index (χ2n) is 3.61. The summed E-state index contributed by atoms with van der Waals surface area (Å²) in [7, 11) is 0. The lowest BCUT2D eigenvalue weighted by Gasteiger charge is -2.31. The third-order valence-electron chi connectivity index (χ3n) is 2.52. The van der Waals surface area contributed by atoms with Crippen molar-refractivity contribution in [1.82, 2.24) is 9.69 Å². The lowest BCUT2D eigenvalue weighted by Crippen LogP contribution is -2.39. The molecule has 0 atom stereocenters. The second-order valence-corrected chi connectivity index (χ2v) is 4.42. The lowest BCUT2D eigenvalue weighted by molar-refractivity contribution is 0.00940. The Morgan fingerprint density at radius 3 is 2.77 bits per heavy atom. The molecule has 1 aliphatic heterocycles. The van der Waals surface area contributed by atoms with Crippen molar-refractivity contribution in [2.45, 2.75) is 25.4 Å². The van der Waals surface area contributed by atoms with Gasteiger partial charge in [-0.25, -0.2) is 0 Å². The summed E-state index contributed by atoms with van der Waals surface area (Å²) in [4.78, 5) is 1.02. The van der Waals surface area contributed by atoms with Gasteiger partial charge in [0.25, 0.3) is 0 Å². The van der Waals surface area contributed by atoms with Crippen LogP contribution in [0.15, 0.2) is 6.07 Å². The Kier molecular flexibility index (Phi) is 2.36. The first kappa shape index (κ1) is 9.12. The van der Waals surface area contributed by atoms with Gasteiger partial charge in [0.05, 0.1) is 10.6 Å². The van der Waals surface area contributed by atoms with Crippen LogP contribution in [0.2, 0.25) is 0 Å². The van der Waals surface area contributed by atoms with Crippen LogP contribution in [0.4, 0.5) is 0 Å². The zero-order valence-corrected chi connectivity index (χ0v) is 8.52. The first-order valence-corrected chi connectivity index (χ1v) is 5.35. The Morgan fingerprint density at radius 2 is 2.23 bits per heavy atom. The van der Waals surface area contributed by atoms with Crippen molar-refractivity contribution in [2.24, 2.45) is 0 Å². The van der Waals surface area contributed by atoms with Crippen molar-refractivity contribution in [1.29, 1.82) is 0 Å². The first-order valence-electron chi connectivity index (χ1n) is 4.58. The van der Waals surface area contributed by atoms with Gasteiger partial charge >= 0.3 is 0 Å². The minimum atomic E-state index is -0.614. The summed E-state index contributed by atoms with van der Waals surface area (Å²) in [6.07, 6.45) is 1.60. The molecule has 0 bridgehead atoms. The zero-order valence-electron chi connectivity index (χ0n) is 7.71. The van der Waals surface area contributed by atoms with E-state index >= 15 is 0 Å². The van der Waals surface area contributed by atoms with Gasteiger partial charge in [-0.1, -0.05) is 0 Å². The van der Waals surface area contributed by atoms with E-state index in [1.54, 1.807) is 0 Å². The Balaban J connectivity index is 2.22. The molecule has 3 nitrogen and oxygen atoms in total. The molecule has 1 saturated heterocycles. The smallest absolute Gasteiger partial charge is 0.103 e. The summed E-state index contributed by atoms with van der Waals surface area (Å²) in [6, 6.07) is 2.00. The van der Waals surface area contributed by atoms with Crippen molar-refractivity contribution < 1.29 is 5.11 Å². The number of hydrogen-bond acceptors (Lipinski definition) is 4. The number of rotatable bonds is 1. The average Bonchev–Trinajstić information content (AvgIpc) is 2.54. The van der Waals surface area contributed by atoms with Crippen LogP contribution in [0.5, 0.6) is 0 Å². The third-order valence-corrected chi connectivity index (χ3v) is 3.59. The second kappa shape index (κ2) is 3.36. The maximum atomic E-state index is 10.3. The molecule has 72 valence electrons. The summed E-state index contributed by atoms with van der Waals surface area (Å²) < 4.78 is 4.20. The highest BCUT2D eigenvalue weighted by Crippen LogP contribution is 2.33. The Bertz CT molecular complexity index is 292. The topological polar surface area (TPSA) is 45.1 Å². The molecule has 0 saturated carbocycles. The Hall–Kier alpha value is -0.450. The first-order chi connectivity index (χ1) is 6.21. The van der Waals surface area contributed by atoms with Gasteiger partial charge in [-0.15, -0.1) is 0 Å². The van der Waals surface area contributed by atoms with Crippen molar-refractivity contribution in [3.63, 3.8) is 0 Å². The van der Waals surface area contributed by atoms with Crippen LogP contribution in [-0.4, -0.2) is 22.6 Å². The van der Waals surface area contributed by atoms with Crippen LogP contribution in [0.3, 0.4) is 0 Å². The maximum absolute atomic E-state index is 10.3. The molecular weight excluding hydrogens is 184 g/mol. The number of aliphatic hydroxyl groups is 1. The Morgan fingerprint density at radius 1 is 1.54 bits per heavy atom. The van der Waals surface area contributed by atoms with E-state index in [9.17, 15) is 5.11 Å². The molecule has 0 radical (unpaired) electrons. The molecule has 2 heterocycles. The highest BCUT2D eigenvalue weighted by Gasteiger charge is 2.32. The van der Waals surface area contributed by atoms with Crippen molar-refractivity contribution in [3.8, 4) is 0 Å². The minimum Gasteiger partial charge on any atom is -0.384 e. The summed E-state index contributed by atoms with van der Waals surface area (Å²) in [6.45, 7) is 3.76. The normalized spacial score (nSPS) is 21.7. The van der Waals surface area contributed by atoms with Crippen LogP contribution >= 0.6 is 11.5 Å². The molecule has 1 fully saturated rings. The van der Waals surface area contributed by atoms with E-state index in [0.717, 1.165) is 36.5 Å². The monoisotopic (exact) mass is 198 g/mol. The number of aromatic nitrogens is 1. The van der Waals surface area contributed by atoms with Gasteiger partial charge in [0, 0.05) is 0 Å². The molecule has 2 rings (SSSR count). The van der Waals surface area contributed by atoms with Crippen LogP contribution in [0.25, 0.3) is 0 Å². The largest absolute Gasteiger partial charge is 0.384 e. The highest BCUT2D eigenvalue weighted by atomic mass is 32.1. The molecular formula is C9H14N2OS. The minimum absolute atomic E-state index is 0.614. The summed E-state index contributed by atoms with van der Waals surface area (Å²) in [5.41, 5.74) is 0.393. The fraction of sp³-hybridized carbons (Fsp3) is 0.667. The number of aryl methyl sites for hydroxylation is 1. The quantitative estimate of drug-likeness (QED) is 0.708. The highest BCUT2D eigenvalue weighted by molar-refractivity contribution is 7.06. The predicted molar refractivity (Wildman–Crippen MR) is 52.9 cm³/mol. The molecule has 0 aromatic carbocycles. The predicted octanol–water partition coefficient (Wildman–Crippen LogP) is 1.02. The van der Waals surface area contributed by atoms with Gasteiger partial charge in [0.15, 0.2) is 0 Å². The molecule has 0 unspecified atom stereocenters. The van der Waals surface area contributed by atoms with Gasteiger partial charge in [-0.3, -0.25) is 0 Å². The van der Waals surface area contributed by atoms with Crippen LogP contribution in [0.1, 0.15) is 23.4 Å². The summed E-state index contributed by atoms with van der Waals surface area (Å²) in [5.74, 6) is 0. The number of hydrogen-bond donors (Lipinski definition) is 2. The van der Waals surface area contributed by atoms with E-state index in [-0.39, 0.29) is 0 Å². The van der Waals surface area contributed by atoms with E-state index in [1.807, 2.05) is 13.0 Å². The van der Waals surface area contributed by atoms with Gasteiger partial charge < -0.3 is 10.4 Å². The summed E-state index contributed by atoms with van der Waals surface area (Å²) in [5, 5.41) is 13.5. The fourth-order valence-electron chi connectivity index (χ4n) is 1.67. The average molecular weight is 198 g/mol. The van der Waals surface area contributed by atoms with Gasteiger partial charge in [-0.2, -0.15) is 4.37 Å². The number of nitrogens with one attached hydrogen (secondary N) is 1. The van der Waals surface area contributed by atoms with Gasteiger partial charge in [-0.05, 0) is 50.5 Å². The van der Waals surface area contributed by atoms with Gasteiger partial charge in [0.2, 0.25) is 0 Å². The van der Waals surface area contributed by atoms with Gasteiger partial charge in [0.1, 0.15) is 5.60 Å². The third kappa shape index (κ3) is 1.75. The summed E-state index contributed by atoms with van der Waals surface area (Å²) >= 11 is 1.43. The van der Waals surface area contributed by atoms with Crippen molar-refractivity contribution >= 4 is 11.5 Å². The zero-order chi connectivity index (χ0) is 9.31. The van der Waals surface area contributed by atoms with E-state index < -0.39 is 5.60 Å². The van der Waals surface area contributed by atoms with Crippen LogP contribution in [0, 0.1) is 6.92 Å². The van der Waals surface area contributed by atoms with E-state index in [4.69, 9.17) is 0 Å². The Labute approximate surface area is 82.0 Å². The molecule has 1 aliphatic rings. The molecule has 4 heteroatoms. The molecule has 1 aromatic heterocycles. The standard InChI is InChI=1S/C9H14N2OS/c1-7-6-8(13-11-7)9(12)2-4-10-5-3-9/h6,10,12H,2-5H2,1H3. The van der Waals surface area contributed by atoms with E-state index in [0.29, 0.717) is 0 Å². The lowest BCUT2D eigenvalue weighted by atomic mass is 9.91.